The van der Waals surface area contributed by atoms with Crippen LogP contribution < -0.4 is 5.73 Å². The van der Waals surface area contributed by atoms with E-state index in [0.717, 1.165) is 5.56 Å². The third-order valence-electron chi connectivity index (χ3n) is 1.47. The molecule has 0 saturated carbocycles. The van der Waals surface area contributed by atoms with Crippen LogP contribution in [0.25, 0.3) is 0 Å². The molecule has 0 atom stereocenters. The molecule has 60 valence electrons. The van der Waals surface area contributed by atoms with E-state index in [0.29, 0.717) is 13.0 Å². The van der Waals surface area contributed by atoms with Gasteiger partial charge in [0.15, 0.2) is 11.5 Å². The normalized spacial score (nSPS) is 9.91. The minimum absolute atomic E-state index is 0.0871. The van der Waals surface area contributed by atoms with E-state index in [2.05, 4.69) is 0 Å². The van der Waals surface area contributed by atoms with E-state index in [4.69, 9.17) is 15.9 Å². The van der Waals surface area contributed by atoms with Gasteiger partial charge in [-0.3, -0.25) is 0 Å². The van der Waals surface area contributed by atoms with Gasteiger partial charge in [0.05, 0.1) is 0 Å². The molecule has 3 heteroatoms. The Hall–Kier alpha value is -1.22. The summed E-state index contributed by atoms with van der Waals surface area (Å²) in [7, 11) is 0. The molecular formula is C8H11NO2. The van der Waals surface area contributed by atoms with Crippen molar-refractivity contribution in [1.82, 2.24) is 0 Å². The highest BCUT2D eigenvalue weighted by Gasteiger charge is 1.98. The van der Waals surface area contributed by atoms with Crippen LogP contribution in [0, 0.1) is 0 Å². The Bertz CT molecular complexity index is 248. The van der Waals surface area contributed by atoms with E-state index in [1.165, 1.54) is 12.1 Å². The van der Waals surface area contributed by atoms with Gasteiger partial charge in [-0.25, -0.2) is 0 Å². The molecule has 11 heavy (non-hydrogen) atoms. The maximum absolute atomic E-state index is 9.04. The maximum Gasteiger partial charge on any atom is 0.157 e. The fourth-order valence-electron chi connectivity index (χ4n) is 0.891. The molecule has 0 saturated heterocycles. The SMILES string of the molecule is N[13CH2][13CH2]c1ccc(O)c(O)c1. The van der Waals surface area contributed by atoms with Crippen LogP contribution in [0.4, 0.5) is 0 Å². The number of rotatable bonds is 2. The van der Waals surface area contributed by atoms with Gasteiger partial charge in [-0.1, -0.05) is 6.07 Å². The molecule has 0 spiro atoms. The molecule has 0 aliphatic rings. The summed E-state index contributed by atoms with van der Waals surface area (Å²) in [4.78, 5) is 0. The molecule has 0 aliphatic carbocycles. The van der Waals surface area contributed by atoms with Crippen molar-refractivity contribution in [3.8, 4) is 11.5 Å². The first-order valence-corrected chi connectivity index (χ1v) is 3.45. The zero-order chi connectivity index (χ0) is 8.27. The van der Waals surface area contributed by atoms with Gasteiger partial charge >= 0.3 is 0 Å². The van der Waals surface area contributed by atoms with Crippen LogP contribution in [-0.2, 0) is 6.42 Å². The second-order valence-electron chi connectivity index (χ2n) is 2.36. The van der Waals surface area contributed by atoms with Crippen molar-refractivity contribution in [2.75, 3.05) is 6.54 Å². The Morgan fingerprint density at radius 3 is 2.45 bits per heavy atom. The highest BCUT2D eigenvalue weighted by molar-refractivity contribution is 5.40. The Kier molecular flexibility index (Phi) is 2.33. The first-order chi connectivity index (χ1) is 5.24. The first kappa shape index (κ1) is 7.88. The largest absolute Gasteiger partial charge is 0.504 e. The lowest BCUT2D eigenvalue weighted by Crippen LogP contribution is -2.02. The number of hydrogen-bond donors (Lipinski definition) is 3. The van der Waals surface area contributed by atoms with Crippen LogP contribution in [0.1, 0.15) is 5.56 Å². The summed E-state index contributed by atoms with van der Waals surface area (Å²) in [5.41, 5.74) is 6.24. The molecule has 3 nitrogen and oxygen atoms in total. The summed E-state index contributed by atoms with van der Waals surface area (Å²) < 4.78 is 0. The monoisotopic (exact) mass is 155 g/mol. The molecule has 0 radical (unpaired) electrons. The molecule has 1 aromatic carbocycles. The summed E-state index contributed by atoms with van der Waals surface area (Å²) in [6.07, 6.45) is 0.716. The highest BCUT2D eigenvalue weighted by Crippen LogP contribution is 2.24. The summed E-state index contributed by atoms with van der Waals surface area (Å²) >= 11 is 0. The van der Waals surface area contributed by atoms with Crippen molar-refractivity contribution >= 4 is 0 Å². The molecule has 4 N–H and O–H groups in total. The summed E-state index contributed by atoms with van der Waals surface area (Å²) in [6, 6.07) is 4.71. The lowest BCUT2D eigenvalue weighted by atomic mass is 10.2. The smallest absolute Gasteiger partial charge is 0.157 e. The lowest BCUT2D eigenvalue weighted by molar-refractivity contribution is 0.403. The van der Waals surface area contributed by atoms with Crippen LogP contribution in [0.3, 0.4) is 0 Å². The van der Waals surface area contributed by atoms with Crippen LogP contribution in [0.5, 0.6) is 11.5 Å². The third-order valence-corrected chi connectivity index (χ3v) is 1.47. The average Bonchev–Trinajstić information content (AvgIpc) is 1.98. The highest BCUT2D eigenvalue weighted by atomic mass is 16.3. The minimum Gasteiger partial charge on any atom is -0.504 e. The second kappa shape index (κ2) is 3.25. The van der Waals surface area contributed by atoms with Crippen LogP contribution in [0.15, 0.2) is 18.2 Å². The summed E-state index contributed by atoms with van der Waals surface area (Å²) in [5.74, 6) is -0.179. The number of phenolic OH excluding ortho intramolecular Hbond substituents is 2. The predicted molar refractivity (Wildman–Crippen MR) is 42.5 cm³/mol. The molecule has 0 bridgehead atoms. The summed E-state index contributed by atoms with van der Waals surface area (Å²) in [6.45, 7) is 0.546. The van der Waals surface area contributed by atoms with Gasteiger partial charge in [0, 0.05) is 0 Å². The number of benzene rings is 1. The van der Waals surface area contributed by atoms with Gasteiger partial charge in [0.1, 0.15) is 0 Å². The van der Waals surface area contributed by atoms with Gasteiger partial charge in [-0.2, -0.15) is 0 Å². The summed E-state index contributed by atoms with van der Waals surface area (Å²) in [5, 5.41) is 18.0. The van der Waals surface area contributed by atoms with Gasteiger partial charge in [0.25, 0.3) is 0 Å². The van der Waals surface area contributed by atoms with E-state index in [9.17, 15) is 0 Å². The predicted octanol–water partition coefficient (Wildman–Crippen LogP) is 0.599. The van der Waals surface area contributed by atoms with E-state index in [-0.39, 0.29) is 11.5 Å². The minimum atomic E-state index is -0.0919. The third kappa shape index (κ3) is 1.85. The van der Waals surface area contributed by atoms with E-state index in [1.54, 1.807) is 6.07 Å². The van der Waals surface area contributed by atoms with E-state index < -0.39 is 0 Å². The number of aromatic hydroxyl groups is 2. The average molecular weight is 155 g/mol. The topological polar surface area (TPSA) is 66.5 Å². The zero-order valence-corrected chi connectivity index (χ0v) is 6.12. The zero-order valence-electron chi connectivity index (χ0n) is 6.12. The molecule has 1 aromatic rings. The van der Waals surface area contributed by atoms with Crippen molar-refractivity contribution in [3.05, 3.63) is 23.8 Å². The standard InChI is InChI=1S/C8H11NO2/c9-4-3-6-1-2-7(10)8(11)5-6/h1-2,5,10-11H,3-4,9H2/i3+1,4+1. The fraction of sp³-hybridized carbons (Fsp3) is 0.250. The molecule has 1 rings (SSSR count). The van der Waals surface area contributed by atoms with E-state index >= 15 is 0 Å². The van der Waals surface area contributed by atoms with Crippen molar-refractivity contribution in [2.45, 2.75) is 6.42 Å². The Morgan fingerprint density at radius 2 is 1.91 bits per heavy atom. The second-order valence-corrected chi connectivity index (χ2v) is 2.36. The molecule has 0 aliphatic heterocycles. The number of hydrogen-bond acceptors (Lipinski definition) is 3. The number of nitrogens with two attached hydrogens (primary N) is 1. The fourth-order valence-corrected chi connectivity index (χ4v) is 0.891. The van der Waals surface area contributed by atoms with Gasteiger partial charge in [-0.15, -0.1) is 0 Å². The van der Waals surface area contributed by atoms with Crippen LogP contribution >= 0.6 is 0 Å². The molecule has 0 heterocycles. The quantitative estimate of drug-likeness (QED) is 0.432. The first-order valence-electron chi connectivity index (χ1n) is 3.45. The molecule has 0 unspecified atom stereocenters. The van der Waals surface area contributed by atoms with Crippen molar-refractivity contribution < 1.29 is 10.2 Å². The van der Waals surface area contributed by atoms with Crippen LogP contribution in [-0.4, -0.2) is 16.8 Å². The molecular weight excluding hydrogens is 144 g/mol. The van der Waals surface area contributed by atoms with Gasteiger partial charge in [0.2, 0.25) is 0 Å². The lowest BCUT2D eigenvalue weighted by Gasteiger charge is -2.00. The Labute approximate surface area is 65.1 Å². The van der Waals surface area contributed by atoms with Gasteiger partial charge in [-0.05, 0) is 30.7 Å². The molecule has 0 aromatic heterocycles. The van der Waals surface area contributed by atoms with E-state index in [1.807, 2.05) is 0 Å². The van der Waals surface area contributed by atoms with Gasteiger partial charge < -0.3 is 15.9 Å². The van der Waals surface area contributed by atoms with Crippen LogP contribution in [0.2, 0.25) is 0 Å². The van der Waals surface area contributed by atoms with Crippen molar-refractivity contribution in [3.63, 3.8) is 0 Å². The van der Waals surface area contributed by atoms with Crippen molar-refractivity contribution in [1.29, 1.82) is 0 Å². The maximum atomic E-state index is 9.04. The molecule has 0 fully saturated rings. The Balaban J connectivity index is 2.86. The van der Waals surface area contributed by atoms with Crippen molar-refractivity contribution in [2.24, 2.45) is 5.73 Å². The number of phenols is 2. The molecule has 0 amide bonds. The Morgan fingerprint density at radius 1 is 1.18 bits per heavy atom.